The maximum Gasteiger partial charge on any atom is 0.222 e. The number of aryl methyl sites for hydroxylation is 1. The number of hydrogen-bond acceptors (Lipinski definition) is 5. The summed E-state index contributed by atoms with van der Waals surface area (Å²) in [6.07, 6.45) is 4.61. The molecule has 4 rings (SSSR count). The molecule has 1 aromatic carbocycles. The summed E-state index contributed by atoms with van der Waals surface area (Å²) in [5.74, 6) is 1.15. The molecular weight excluding hydrogens is 362 g/mol. The average Bonchev–Trinajstić information content (AvgIpc) is 2.74. The van der Waals surface area contributed by atoms with E-state index >= 15 is 0 Å². The first-order chi connectivity index (χ1) is 14.1. The van der Waals surface area contributed by atoms with E-state index in [9.17, 15) is 4.79 Å². The Bertz CT molecular complexity index is 1020. The van der Waals surface area contributed by atoms with Crippen LogP contribution in [0.3, 0.4) is 0 Å². The van der Waals surface area contributed by atoms with Crippen LogP contribution in [0.5, 0.6) is 0 Å². The molecule has 3 aromatic rings. The second-order valence-electron chi connectivity index (χ2n) is 7.70. The van der Waals surface area contributed by atoms with Crippen LogP contribution in [0.2, 0.25) is 0 Å². The number of benzene rings is 1. The lowest BCUT2D eigenvalue weighted by Gasteiger charge is -2.26. The van der Waals surface area contributed by atoms with E-state index in [0.717, 1.165) is 47.4 Å². The fraction of sp³-hybridized carbons (Fsp3) is 0.391. The van der Waals surface area contributed by atoms with Crippen LogP contribution in [0.15, 0.2) is 42.6 Å². The van der Waals surface area contributed by atoms with Crippen molar-refractivity contribution in [1.29, 1.82) is 0 Å². The lowest BCUT2D eigenvalue weighted by molar-refractivity contribution is -0.133. The highest BCUT2D eigenvalue weighted by Crippen LogP contribution is 2.31. The molecule has 6 heteroatoms. The van der Waals surface area contributed by atoms with Crippen molar-refractivity contribution in [3.05, 3.63) is 59.5 Å². The predicted molar refractivity (Wildman–Crippen MR) is 115 cm³/mol. The van der Waals surface area contributed by atoms with Gasteiger partial charge in [-0.1, -0.05) is 31.2 Å². The molecule has 1 N–H and O–H groups in total. The van der Waals surface area contributed by atoms with Gasteiger partial charge < -0.3 is 10.2 Å². The number of rotatable bonds is 6. The lowest BCUT2D eigenvalue weighted by Crippen LogP contribution is -2.38. The van der Waals surface area contributed by atoms with Gasteiger partial charge in [-0.05, 0) is 37.5 Å². The van der Waals surface area contributed by atoms with Crippen molar-refractivity contribution in [3.63, 3.8) is 0 Å². The number of anilines is 1. The molecule has 6 nitrogen and oxygen atoms in total. The van der Waals surface area contributed by atoms with Crippen LogP contribution < -0.4 is 5.32 Å². The van der Waals surface area contributed by atoms with Crippen molar-refractivity contribution in [2.45, 2.75) is 39.0 Å². The van der Waals surface area contributed by atoms with Crippen LogP contribution in [-0.4, -0.2) is 45.6 Å². The Kier molecular flexibility index (Phi) is 5.69. The summed E-state index contributed by atoms with van der Waals surface area (Å²) < 4.78 is 0. The summed E-state index contributed by atoms with van der Waals surface area (Å²) in [5.41, 5.74) is 3.14. The molecule has 2 aromatic heterocycles. The summed E-state index contributed by atoms with van der Waals surface area (Å²) in [7, 11) is 0. The summed E-state index contributed by atoms with van der Waals surface area (Å²) in [5, 5.41) is 14.6. The fourth-order valence-electron chi connectivity index (χ4n) is 3.98. The van der Waals surface area contributed by atoms with E-state index in [0.29, 0.717) is 19.5 Å². The minimum atomic E-state index is 0.120. The Balaban J connectivity index is 1.56. The van der Waals surface area contributed by atoms with Gasteiger partial charge in [0.25, 0.3) is 0 Å². The third-order valence-corrected chi connectivity index (χ3v) is 5.64. The van der Waals surface area contributed by atoms with Gasteiger partial charge in [0.1, 0.15) is 0 Å². The highest BCUT2D eigenvalue weighted by molar-refractivity contribution is 5.93. The predicted octanol–water partition coefficient (Wildman–Crippen LogP) is 3.91. The smallest absolute Gasteiger partial charge is 0.222 e. The zero-order valence-electron chi connectivity index (χ0n) is 17.1. The van der Waals surface area contributed by atoms with Crippen molar-refractivity contribution < 1.29 is 4.79 Å². The Morgan fingerprint density at radius 2 is 1.97 bits per heavy atom. The first-order valence-corrected chi connectivity index (χ1v) is 10.3. The van der Waals surface area contributed by atoms with Crippen LogP contribution in [0, 0.1) is 6.92 Å². The SMILES string of the molecule is Cc1cc(C(C)c2nnc(NCCN3CCCCC3=O)c3ccccc23)ccn1. The molecule has 0 spiro atoms. The van der Waals surface area contributed by atoms with Crippen molar-refractivity contribution in [2.24, 2.45) is 0 Å². The highest BCUT2D eigenvalue weighted by atomic mass is 16.2. The van der Waals surface area contributed by atoms with Gasteiger partial charge in [0.15, 0.2) is 5.82 Å². The monoisotopic (exact) mass is 389 g/mol. The van der Waals surface area contributed by atoms with Crippen LogP contribution in [0.4, 0.5) is 5.82 Å². The van der Waals surface area contributed by atoms with Gasteiger partial charge in [0.05, 0.1) is 5.69 Å². The zero-order valence-corrected chi connectivity index (χ0v) is 17.1. The zero-order chi connectivity index (χ0) is 20.2. The summed E-state index contributed by atoms with van der Waals surface area (Å²) in [6.45, 7) is 6.38. The largest absolute Gasteiger partial charge is 0.366 e. The standard InChI is InChI=1S/C23H27N5O/c1-16-15-18(10-11-24-16)17(2)22-19-7-3-4-8-20(19)23(27-26-22)25-12-14-28-13-6-5-9-21(28)29/h3-4,7-8,10-11,15,17H,5-6,9,12-14H2,1-2H3,(H,25,27). The van der Waals surface area contributed by atoms with E-state index < -0.39 is 0 Å². The Morgan fingerprint density at radius 3 is 2.76 bits per heavy atom. The van der Waals surface area contributed by atoms with Gasteiger partial charge in [-0.25, -0.2) is 0 Å². The maximum absolute atomic E-state index is 12.0. The van der Waals surface area contributed by atoms with Gasteiger partial charge in [0.2, 0.25) is 5.91 Å². The number of carbonyl (C=O) groups is 1. The molecule has 0 saturated carbocycles. The molecule has 1 saturated heterocycles. The molecule has 150 valence electrons. The molecular formula is C23H27N5O. The summed E-state index contributed by atoms with van der Waals surface area (Å²) >= 11 is 0. The lowest BCUT2D eigenvalue weighted by atomic mass is 9.94. The summed E-state index contributed by atoms with van der Waals surface area (Å²) in [6, 6.07) is 12.4. The van der Waals surface area contributed by atoms with Gasteiger partial charge in [0, 0.05) is 54.6 Å². The molecule has 1 fully saturated rings. The van der Waals surface area contributed by atoms with Crippen LogP contribution in [0.1, 0.15) is 49.1 Å². The number of carbonyl (C=O) groups excluding carboxylic acids is 1. The van der Waals surface area contributed by atoms with Gasteiger partial charge >= 0.3 is 0 Å². The Hall–Kier alpha value is -3.02. The molecule has 3 heterocycles. The van der Waals surface area contributed by atoms with E-state index in [-0.39, 0.29) is 11.8 Å². The van der Waals surface area contributed by atoms with E-state index in [1.54, 1.807) is 0 Å². The van der Waals surface area contributed by atoms with Gasteiger partial charge in [-0.2, -0.15) is 5.10 Å². The number of likely N-dealkylation sites (tertiary alicyclic amines) is 1. The number of pyridine rings is 1. The average molecular weight is 390 g/mol. The van der Waals surface area contributed by atoms with Crippen molar-refractivity contribution in [3.8, 4) is 0 Å². The molecule has 1 atom stereocenters. The third kappa shape index (κ3) is 4.21. The van der Waals surface area contributed by atoms with E-state index in [1.807, 2.05) is 36.2 Å². The topological polar surface area (TPSA) is 71.0 Å². The molecule has 1 unspecified atom stereocenters. The second-order valence-corrected chi connectivity index (χ2v) is 7.70. The molecule has 1 aliphatic rings. The first-order valence-electron chi connectivity index (χ1n) is 10.3. The van der Waals surface area contributed by atoms with Crippen LogP contribution >= 0.6 is 0 Å². The Morgan fingerprint density at radius 1 is 1.14 bits per heavy atom. The van der Waals surface area contributed by atoms with E-state index in [1.165, 1.54) is 5.56 Å². The number of hydrogen-bond donors (Lipinski definition) is 1. The van der Waals surface area contributed by atoms with Crippen molar-refractivity contribution >= 4 is 22.5 Å². The molecule has 0 aliphatic carbocycles. The number of nitrogens with one attached hydrogen (secondary N) is 1. The molecule has 0 bridgehead atoms. The minimum Gasteiger partial charge on any atom is -0.366 e. The molecule has 29 heavy (non-hydrogen) atoms. The van der Waals surface area contributed by atoms with E-state index in [2.05, 4.69) is 45.6 Å². The fourth-order valence-corrected chi connectivity index (χ4v) is 3.98. The number of fused-ring (bicyclic) bond motifs is 1. The second kappa shape index (κ2) is 8.55. The van der Waals surface area contributed by atoms with E-state index in [4.69, 9.17) is 0 Å². The third-order valence-electron chi connectivity index (χ3n) is 5.64. The van der Waals surface area contributed by atoms with Gasteiger partial charge in [-0.15, -0.1) is 5.10 Å². The van der Waals surface area contributed by atoms with Crippen LogP contribution in [0.25, 0.3) is 10.8 Å². The molecule has 1 aliphatic heterocycles. The number of nitrogens with zero attached hydrogens (tertiary/aromatic N) is 4. The minimum absolute atomic E-state index is 0.120. The highest BCUT2D eigenvalue weighted by Gasteiger charge is 2.19. The van der Waals surface area contributed by atoms with Gasteiger partial charge in [-0.3, -0.25) is 9.78 Å². The number of aromatic nitrogens is 3. The Labute approximate surface area is 171 Å². The van der Waals surface area contributed by atoms with Crippen molar-refractivity contribution in [1.82, 2.24) is 20.1 Å². The maximum atomic E-state index is 12.0. The summed E-state index contributed by atoms with van der Waals surface area (Å²) in [4.78, 5) is 18.2. The van der Waals surface area contributed by atoms with Crippen LogP contribution in [-0.2, 0) is 4.79 Å². The normalized spacial score (nSPS) is 15.5. The van der Waals surface area contributed by atoms with Crippen molar-refractivity contribution in [2.75, 3.05) is 25.0 Å². The molecule has 1 amide bonds. The molecule has 0 radical (unpaired) electrons. The quantitative estimate of drug-likeness (QED) is 0.692. The number of piperidine rings is 1. The first kappa shape index (κ1) is 19.3. The number of amides is 1.